The first-order chi connectivity index (χ1) is 18.0. The standard InChI is InChI=1S/C29H38FN5O2/c1-19(31-2)28(36)33-27(21-7-4-3-5-8-21)29(37)35-15-6-9-24(35)22-12-14-32-26(17-22)34-16-13-20-10-11-23(30)18-25(20)34/h10-12,14,17-19,21,24,27,31H,3-9,13,15-16H2,1-2H3,(H,33,36). The van der Waals surface area contributed by atoms with Gasteiger partial charge in [0.15, 0.2) is 0 Å². The summed E-state index contributed by atoms with van der Waals surface area (Å²) >= 11 is 0. The maximum Gasteiger partial charge on any atom is 0.245 e. The lowest BCUT2D eigenvalue weighted by molar-refractivity contribution is -0.139. The van der Waals surface area contributed by atoms with Gasteiger partial charge in [-0.3, -0.25) is 9.59 Å². The van der Waals surface area contributed by atoms with E-state index in [1.165, 1.54) is 12.5 Å². The van der Waals surface area contributed by atoms with Crippen LogP contribution in [0.4, 0.5) is 15.9 Å². The van der Waals surface area contributed by atoms with Gasteiger partial charge in [0.25, 0.3) is 0 Å². The number of fused-ring (bicyclic) bond motifs is 1. The van der Waals surface area contributed by atoms with Crippen molar-refractivity contribution in [2.45, 2.75) is 76.4 Å². The molecule has 0 radical (unpaired) electrons. The summed E-state index contributed by atoms with van der Waals surface area (Å²) in [6, 6.07) is 8.04. The minimum Gasteiger partial charge on any atom is -0.343 e. The molecule has 1 saturated carbocycles. The van der Waals surface area contributed by atoms with Crippen LogP contribution in [0.2, 0.25) is 0 Å². The van der Waals surface area contributed by atoms with Crippen LogP contribution in [-0.4, -0.2) is 53.9 Å². The Morgan fingerprint density at radius 1 is 1.05 bits per heavy atom. The van der Waals surface area contributed by atoms with Crippen LogP contribution in [0.15, 0.2) is 36.5 Å². The van der Waals surface area contributed by atoms with Crippen molar-refractivity contribution in [2.24, 2.45) is 5.92 Å². The Bertz CT molecular complexity index is 1140. The van der Waals surface area contributed by atoms with Crippen molar-refractivity contribution in [1.29, 1.82) is 0 Å². The SMILES string of the molecule is CNC(C)C(=O)NC(C(=O)N1CCCC1c1ccnc(N2CCc3ccc(F)cc32)c1)C1CCCCC1. The highest BCUT2D eigenvalue weighted by atomic mass is 19.1. The third-order valence-electron chi connectivity index (χ3n) is 8.42. The van der Waals surface area contributed by atoms with E-state index in [-0.39, 0.29) is 35.6 Å². The largest absolute Gasteiger partial charge is 0.343 e. The van der Waals surface area contributed by atoms with Gasteiger partial charge >= 0.3 is 0 Å². The summed E-state index contributed by atoms with van der Waals surface area (Å²) in [5.41, 5.74) is 3.02. The van der Waals surface area contributed by atoms with E-state index in [2.05, 4.69) is 20.5 Å². The maximum absolute atomic E-state index is 14.0. The molecule has 1 saturated heterocycles. The van der Waals surface area contributed by atoms with Crippen molar-refractivity contribution in [2.75, 3.05) is 25.0 Å². The zero-order valence-corrected chi connectivity index (χ0v) is 21.9. The van der Waals surface area contributed by atoms with Gasteiger partial charge in [-0.15, -0.1) is 0 Å². The van der Waals surface area contributed by atoms with E-state index in [9.17, 15) is 14.0 Å². The molecule has 3 unspecified atom stereocenters. The Hall–Kier alpha value is -3.00. The van der Waals surface area contributed by atoms with Crippen LogP contribution in [0.3, 0.4) is 0 Å². The summed E-state index contributed by atoms with van der Waals surface area (Å²) in [4.78, 5) is 35.5. The van der Waals surface area contributed by atoms with Crippen molar-refractivity contribution < 1.29 is 14.0 Å². The van der Waals surface area contributed by atoms with Gasteiger partial charge in [-0.25, -0.2) is 9.37 Å². The zero-order chi connectivity index (χ0) is 25.9. The molecule has 1 aliphatic carbocycles. The number of likely N-dealkylation sites (N-methyl/N-ethyl adjacent to an activating group) is 1. The van der Waals surface area contributed by atoms with E-state index in [1.807, 2.05) is 30.0 Å². The van der Waals surface area contributed by atoms with Crippen LogP contribution in [0.25, 0.3) is 0 Å². The van der Waals surface area contributed by atoms with Crippen molar-refractivity contribution >= 4 is 23.3 Å². The fourth-order valence-electron chi connectivity index (χ4n) is 6.19. The topological polar surface area (TPSA) is 77.6 Å². The lowest BCUT2D eigenvalue weighted by Gasteiger charge is -2.35. The molecule has 8 heteroatoms. The fourth-order valence-corrected chi connectivity index (χ4v) is 6.19. The van der Waals surface area contributed by atoms with E-state index in [4.69, 9.17) is 0 Å². The maximum atomic E-state index is 14.0. The van der Waals surface area contributed by atoms with E-state index in [0.29, 0.717) is 6.54 Å². The van der Waals surface area contributed by atoms with E-state index in [1.54, 1.807) is 19.3 Å². The molecule has 2 aromatic rings. The predicted octanol–water partition coefficient (Wildman–Crippen LogP) is 4.25. The number of anilines is 2. The number of rotatable bonds is 7. The lowest BCUT2D eigenvalue weighted by Crippen LogP contribution is -2.55. The zero-order valence-electron chi connectivity index (χ0n) is 21.9. The number of likely N-dealkylation sites (tertiary alicyclic amines) is 1. The van der Waals surface area contributed by atoms with Gasteiger partial charge in [0.2, 0.25) is 11.8 Å². The first-order valence-electron chi connectivity index (χ1n) is 13.8. The van der Waals surface area contributed by atoms with E-state index >= 15 is 0 Å². The highest BCUT2D eigenvalue weighted by molar-refractivity contribution is 5.90. The molecule has 3 aliphatic rings. The molecule has 0 bridgehead atoms. The molecule has 2 fully saturated rings. The fraction of sp³-hybridized carbons (Fsp3) is 0.552. The second-order valence-corrected chi connectivity index (χ2v) is 10.7. The Kier molecular flexibility index (Phi) is 7.74. The normalized spacial score (nSPS) is 21.5. The quantitative estimate of drug-likeness (QED) is 0.586. The molecule has 5 rings (SSSR count). The number of aromatic nitrogens is 1. The van der Waals surface area contributed by atoms with Gasteiger partial charge < -0.3 is 20.4 Å². The molecule has 7 nitrogen and oxygen atoms in total. The molecule has 2 amide bonds. The average Bonchev–Trinajstić information content (AvgIpc) is 3.59. The number of hydrogen-bond acceptors (Lipinski definition) is 5. The van der Waals surface area contributed by atoms with Crippen LogP contribution in [-0.2, 0) is 16.0 Å². The smallest absolute Gasteiger partial charge is 0.245 e. The lowest BCUT2D eigenvalue weighted by atomic mass is 9.83. The number of pyridine rings is 1. The number of carbonyl (C=O) groups excluding carboxylic acids is 2. The van der Waals surface area contributed by atoms with Crippen molar-refractivity contribution in [3.05, 3.63) is 53.5 Å². The average molecular weight is 508 g/mol. The van der Waals surface area contributed by atoms with Crippen LogP contribution in [0.5, 0.6) is 0 Å². The van der Waals surface area contributed by atoms with Gasteiger partial charge in [-0.05, 0) is 87.4 Å². The summed E-state index contributed by atoms with van der Waals surface area (Å²) in [5.74, 6) is 0.588. The van der Waals surface area contributed by atoms with Gasteiger partial charge in [0, 0.05) is 25.0 Å². The van der Waals surface area contributed by atoms with E-state index in [0.717, 1.165) is 74.1 Å². The highest BCUT2D eigenvalue weighted by Crippen LogP contribution is 2.38. The predicted molar refractivity (Wildman–Crippen MR) is 142 cm³/mol. The number of benzene rings is 1. The van der Waals surface area contributed by atoms with Crippen LogP contribution >= 0.6 is 0 Å². The molecule has 0 spiro atoms. The highest BCUT2D eigenvalue weighted by Gasteiger charge is 2.39. The first-order valence-corrected chi connectivity index (χ1v) is 13.8. The van der Waals surface area contributed by atoms with E-state index < -0.39 is 6.04 Å². The van der Waals surface area contributed by atoms with Crippen LogP contribution in [0.1, 0.15) is 69.0 Å². The molecule has 3 heterocycles. The van der Waals surface area contributed by atoms with Gasteiger partial charge in [0.1, 0.15) is 17.7 Å². The summed E-state index contributed by atoms with van der Waals surface area (Å²) in [6.07, 6.45) is 9.75. The molecule has 1 aromatic heterocycles. The number of carbonyl (C=O) groups is 2. The summed E-state index contributed by atoms with van der Waals surface area (Å²) in [6.45, 7) is 3.25. The molecule has 37 heavy (non-hydrogen) atoms. The van der Waals surface area contributed by atoms with Crippen LogP contribution < -0.4 is 15.5 Å². The Morgan fingerprint density at radius 2 is 1.86 bits per heavy atom. The first kappa shape index (κ1) is 25.6. The minimum absolute atomic E-state index is 0.0259. The second kappa shape index (κ2) is 11.2. The van der Waals surface area contributed by atoms with Gasteiger partial charge in [-0.2, -0.15) is 0 Å². The van der Waals surface area contributed by atoms with Crippen molar-refractivity contribution in [3.63, 3.8) is 0 Å². The third kappa shape index (κ3) is 5.35. The summed E-state index contributed by atoms with van der Waals surface area (Å²) < 4.78 is 14.0. The summed E-state index contributed by atoms with van der Waals surface area (Å²) in [5, 5.41) is 6.10. The molecule has 2 N–H and O–H groups in total. The minimum atomic E-state index is -0.501. The number of nitrogens with one attached hydrogen (secondary N) is 2. The second-order valence-electron chi connectivity index (χ2n) is 10.7. The summed E-state index contributed by atoms with van der Waals surface area (Å²) in [7, 11) is 1.76. The molecule has 1 aromatic carbocycles. The number of halogens is 1. The van der Waals surface area contributed by atoms with Gasteiger partial charge in [-0.1, -0.05) is 25.3 Å². The third-order valence-corrected chi connectivity index (χ3v) is 8.42. The molecule has 198 valence electrons. The van der Waals surface area contributed by atoms with Crippen LogP contribution in [0, 0.1) is 11.7 Å². The molecule has 2 aliphatic heterocycles. The molecular formula is C29H38FN5O2. The monoisotopic (exact) mass is 507 g/mol. The van der Waals surface area contributed by atoms with Crippen molar-refractivity contribution in [3.8, 4) is 0 Å². The van der Waals surface area contributed by atoms with Crippen molar-refractivity contribution in [1.82, 2.24) is 20.5 Å². The Morgan fingerprint density at radius 3 is 2.65 bits per heavy atom. The number of amides is 2. The van der Waals surface area contributed by atoms with Gasteiger partial charge in [0.05, 0.1) is 12.1 Å². The molecule has 3 atom stereocenters. The Labute approximate surface area is 218 Å². The Balaban J connectivity index is 1.39. The number of hydrogen-bond donors (Lipinski definition) is 2. The molecular weight excluding hydrogens is 469 g/mol. The number of nitrogens with zero attached hydrogens (tertiary/aromatic N) is 3.